The fourth-order valence-corrected chi connectivity index (χ4v) is 9.43. The highest BCUT2D eigenvalue weighted by Crippen LogP contribution is 2.42. The molecular weight excluding hydrogens is 857 g/mol. The standard InChI is InChI=1S/C51H74N6O10/c1-32(2)39(56(9)46(63)35(28-33-20-12-10-13-21-33)29-34-22-14-11-15-23-34)43(60)54-40(50(6,7)8)44(61)52-36(30-38(58)57-26-18-19-27-57)42(59)55-41(51(48(66)67)24-16-17-25-51)45(62)53-37(47(64)65)31-49(3,4)5/h10-15,20-23,32,35-37,39-41H,16-19,24-31H2,1-9H3,(H,52,61)(H,53,62)(H,54,60)(H,55,59)(H,64,65)(H,66,67)/t36-,37-,39-,40+,41+/m0/s1. The number of likely N-dealkylation sites (N-methyl/N-ethyl adjacent to an activating group) is 1. The molecule has 0 unspecified atom stereocenters. The number of carbonyl (C=O) groups is 8. The third-order valence-corrected chi connectivity index (χ3v) is 13.0. The maximum atomic E-state index is 14.6. The van der Waals surface area contributed by atoms with Crippen molar-refractivity contribution >= 4 is 47.4 Å². The van der Waals surface area contributed by atoms with E-state index in [2.05, 4.69) is 21.3 Å². The average Bonchev–Trinajstić information content (AvgIpc) is 3.98. The number of aliphatic carboxylic acids is 2. The number of hydrogen-bond acceptors (Lipinski definition) is 8. The first-order valence-electron chi connectivity index (χ1n) is 23.6. The number of likely N-dealkylation sites (tertiary alicyclic amines) is 1. The van der Waals surface area contributed by atoms with E-state index in [4.69, 9.17) is 0 Å². The first-order valence-corrected chi connectivity index (χ1v) is 23.6. The van der Waals surface area contributed by atoms with E-state index in [9.17, 15) is 48.6 Å². The Morgan fingerprint density at radius 2 is 1.18 bits per heavy atom. The Balaban J connectivity index is 1.65. The minimum absolute atomic E-state index is 0.00131. The van der Waals surface area contributed by atoms with Crippen LogP contribution in [0.1, 0.15) is 118 Å². The Kier molecular flexibility index (Phi) is 18.7. The highest BCUT2D eigenvalue weighted by Gasteiger charge is 2.53. The molecule has 368 valence electrons. The van der Waals surface area contributed by atoms with Crippen LogP contribution in [0.4, 0.5) is 0 Å². The number of carbonyl (C=O) groups excluding carboxylic acids is 6. The van der Waals surface area contributed by atoms with Gasteiger partial charge in [0.1, 0.15) is 30.2 Å². The van der Waals surface area contributed by atoms with Gasteiger partial charge in [0.2, 0.25) is 35.4 Å². The lowest BCUT2D eigenvalue weighted by molar-refractivity contribution is -0.155. The number of hydrogen-bond donors (Lipinski definition) is 6. The van der Waals surface area contributed by atoms with Crippen LogP contribution < -0.4 is 21.3 Å². The van der Waals surface area contributed by atoms with Gasteiger partial charge in [-0.2, -0.15) is 0 Å². The molecule has 2 aromatic rings. The predicted molar refractivity (Wildman–Crippen MR) is 253 cm³/mol. The predicted octanol–water partition coefficient (Wildman–Crippen LogP) is 4.73. The van der Waals surface area contributed by atoms with E-state index < -0.39 is 106 Å². The van der Waals surface area contributed by atoms with Crippen molar-refractivity contribution in [3.05, 3.63) is 71.8 Å². The molecule has 2 aromatic carbocycles. The van der Waals surface area contributed by atoms with Gasteiger partial charge in [0, 0.05) is 26.1 Å². The molecule has 16 nitrogen and oxygen atoms in total. The number of carboxylic acids is 2. The second kappa shape index (κ2) is 23.3. The maximum Gasteiger partial charge on any atom is 0.326 e. The summed E-state index contributed by atoms with van der Waals surface area (Å²) in [6.07, 6.45) is 2.64. The summed E-state index contributed by atoms with van der Waals surface area (Å²) in [6.45, 7) is 15.0. The molecule has 2 aliphatic rings. The summed E-state index contributed by atoms with van der Waals surface area (Å²) in [7, 11) is 1.58. The van der Waals surface area contributed by atoms with Gasteiger partial charge in [-0.1, -0.05) is 129 Å². The lowest BCUT2D eigenvalue weighted by Gasteiger charge is -2.37. The first-order chi connectivity index (χ1) is 31.3. The minimum Gasteiger partial charge on any atom is -0.481 e. The second-order valence-corrected chi connectivity index (χ2v) is 21.1. The van der Waals surface area contributed by atoms with Crippen LogP contribution in [0.3, 0.4) is 0 Å². The number of benzene rings is 2. The molecule has 1 aliphatic heterocycles. The Labute approximate surface area is 395 Å². The summed E-state index contributed by atoms with van der Waals surface area (Å²) in [4.78, 5) is 114. The topological polar surface area (TPSA) is 232 Å². The number of nitrogens with zero attached hydrogens (tertiary/aromatic N) is 2. The second-order valence-electron chi connectivity index (χ2n) is 21.1. The molecule has 0 bridgehead atoms. The van der Waals surface area contributed by atoms with Crippen molar-refractivity contribution in [3.63, 3.8) is 0 Å². The number of carboxylic acid groups (broad SMARTS) is 2. The zero-order valence-electron chi connectivity index (χ0n) is 40.9. The summed E-state index contributed by atoms with van der Waals surface area (Å²) < 4.78 is 0. The van der Waals surface area contributed by atoms with E-state index in [1.165, 1.54) is 4.90 Å². The van der Waals surface area contributed by atoms with Gasteiger partial charge in [-0.25, -0.2) is 4.79 Å². The van der Waals surface area contributed by atoms with Crippen LogP contribution in [0.25, 0.3) is 0 Å². The first kappa shape index (κ1) is 53.8. The van der Waals surface area contributed by atoms with Crippen molar-refractivity contribution < 1.29 is 48.6 Å². The van der Waals surface area contributed by atoms with Gasteiger partial charge >= 0.3 is 11.9 Å². The summed E-state index contributed by atoms with van der Waals surface area (Å²) in [6, 6.07) is 12.1. The number of nitrogens with one attached hydrogen (secondary N) is 4. The van der Waals surface area contributed by atoms with Crippen LogP contribution in [0.15, 0.2) is 60.7 Å². The molecule has 2 fully saturated rings. The van der Waals surface area contributed by atoms with Crippen LogP contribution in [0, 0.1) is 28.1 Å². The highest BCUT2D eigenvalue weighted by atomic mass is 16.4. The normalized spacial score (nSPS) is 17.1. The molecule has 1 heterocycles. The molecule has 0 radical (unpaired) electrons. The third-order valence-electron chi connectivity index (χ3n) is 13.0. The highest BCUT2D eigenvalue weighted by molar-refractivity contribution is 6.00. The van der Waals surface area contributed by atoms with Gasteiger partial charge in [0.05, 0.1) is 11.8 Å². The van der Waals surface area contributed by atoms with Crippen LogP contribution >= 0.6 is 0 Å². The van der Waals surface area contributed by atoms with E-state index in [1.807, 2.05) is 60.7 Å². The van der Waals surface area contributed by atoms with Crippen molar-refractivity contribution in [1.29, 1.82) is 0 Å². The average molecular weight is 931 g/mol. The Morgan fingerprint density at radius 3 is 1.63 bits per heavy atom. The van der Waals surface area contributed by atoms with Crippen LogP contribution in [0.5, 0.6) is 0 Å². The van der Waals surface area contributed by atoms with E-state index in [1.54, 1.807) is 67.3 Å². The van der Waals surface area contributed by atoms with Crippen molar-refractivity contribution in [2.45, 2.75) is 150 Å². The molecule has 1 aliphatic carbocycles. The van der Waals surface area contributed by atoms with E-state index in [0.29, 0.717) is 38.8 Å². The van der Waals surface area contributed by atoms with Crippen molar-refractivity contribution in [3.8, 4) is 0 Å². The van der Waals surface area contributed by atoms with E-state index >= 15 is 0 Å². The van der Waals surface area contributed by atoms with Gasteiger partial charge in [-0.05, 0) is 72.8 Å². The minimum atomic E-state index is -1.81. The van der Waals surface area contributed by atoms with Gasteiger partial charge < -0.3 is 41.3 Å². The molecule has 0 aromatic heterocycles. The zero-order chi connectivity index (χ0) is 49.9. The molecule has 4 rings (SSSR count). The van der Waals surface area contributed by atoms with E-state index in [-0.39, 0.29) is 25.2 Å². The number of amides is 6. The quantitative estimate of drug-likeness (QED) is 0.101. The van der Waals surface area contributed by atoms with E-state index in [0.717, 1.165) is 24.0 Å². The van der Waals surface area contributed by atoms with Crippen LogP contribution in [-0.2, 0) is 51.2 Å². The fraction of sp³-hybridized carbons (Fsp3) is 0.608. The summed E-state index contributed by atoms with van der Waals surface area (Å²) in [5, 5.41) is 31.3. The largest absolute Gasteiger partial charge is 0.481 e. The molecular formula is C51H74N6O10. The van der Waals surface area contributed by atoms with Crippen LogP contribution in [0.2, 0.25) is 0 Å². The SMILES string of the molecule is CC(C)[C@@H](C(=O)N[C@H](C(=O)N[C@@H](CC(=O)N1CCCC1)C(=O)N[C@H](C(=O)N[C@@H](CC(C)(C)C)C(=O)O)C1(C(=O)O)CCCC1)C(C)(C)C)N(C)C(=O)C(Cc1ccccc1)Cc1ccccc1. The third kappa shape index (κ3) is 14.8. The van der Waals surface area contributed by atoms with Gasteiger partial charge in [-0.3, -0.25) is 33.6 Å². The maximum absolute atomic E-state index is 14.6. The lowest BCUT2D eigenvalue weighted by atomic mass is 9.77. The van der Waals surface area contributed by atoms with Crippen molar-refractivity contribution in [2.24, 2.45) is 28.1 Å². The molecule has 6 N–H and O–H groups in total. The summed E-state index contributed by atoms with van der Waals surface area (Å²) in [5.74, 6) is -7.83. The molecule has 6 amide bonds. The monoisotopic (exact) mass is 931 g/mol. The smallest absolute Gasteiger partial charge is 0.326 e. The zero-order valence-corrected chi connectivity index (χ0v) is 40.9. The van der Waals surface area contributed by atoms with Gasteiger partial charge in [0.25, 0.3) is 0 Å². The summed E-state index contributed by atoms with van der Waals surface area (Å²) >= 11 is 0. The van der Waals surface area contributed by atoms with Crippen LogP contribution in [-0.4, -0.2) is 118 Å². The molecule has 67 heavy (non-hydrogen) atoms. The summed E-state index contributed by atoms with van der Waals surface area (Å²) in [5.41, 5.74) is -1.44. The van der Waals surface area contributed by atoms with Crippen molar-refractivity contribution in [2.75, 3.05) is 20.1 Å². The molecule has 0 spiro atoms. The number of rotatable bonds is 21. The molecule has 5 atom stereocenters. The Hall–Kier alpha value is -5.80. The lowest BCUT2D eigenvalue weighted by Crippen LogP contribution is -2.65. The fourth-order valence-electron chi connectivity index (χ4n) is 9.43. The van der Waals surface area contributed by atoms with Crippen molar-refractivity contribution in [1.82, 2.24) is 31.1 Å². The molecule has 1 saturated heterocycles. The Bertz CT molecular complexity index is 2010. The Morgan fingerprint density at radius 1 is 0.672 bits per heavy atom. The molecule has 1 saturated carbocycles. The molecule has 16 heteroatoms. The van der Waals surface area contributed by atoms with Gasteiger partial charge in [0.15, 0.2) is 0 Å². The van der Waals surface area contributed by atoms with Gasteiger partial charge in [-0.15, -0.1) is 0 Å².